The maximum Gasteiger partial charge on any atom is 0.224 e. The van der Waals surface area contributed by atoms with Crippen molar-refractivity contribution in [1.29, 1.82) is 0 Å². The number of hydrogen-bond donors (Lipinski definition) is 1. The second-order valence-electron chi connectivity index (χ2n) is 4.83. The van der Waals surface area contributed by atoms with Gasteiger partial charge < -0.3 is 14.7 Å². The summed E-state index contributed by atoms with van der Waals surface area (Å²) in [4.78, 5) is 10.1. The Morgan fingerprint density at radius 3 is 2.72 bits per heavy atom. The molecule has 0 aromatic carbocycles. The summed E-state index contributed by atoms with van der Waals surface area (Å²) in [7, 11) is 1.89. The fraction of sp³-hybridized carbons (Fsp3) is 0.667. The molecule has 0 unspecified atom stereocenters. The van der Waals surface area contributed by atoms with Gasteiger partial charge in [0.15, 0.2) is 0 Å². The third-order valence-corrected chi connectivity index (χ3v) is 3.33. The van der Waals surface area contributed by atoms with E-state index in [1.165, 1.54) is 0 Å². The number of aromatic nitrogens is 2. The van der Waals surface area contributed by atoms with Crippen LogP contribution >= 0.6 is 11.6 Å². The second kappa shape index (κ2) is 5.38. The lowest BCUT2D eigenvalue weighted by molar-refractivity contribution is -0.0573. The van der Waals surface area contributed by atoms with Gasteiger partial charge in [0.1, 0.15) is 5.82 Å². The highest BCUT2D eigenvalue weighted by Crippen LogP contribution is 2.23. The van der Waals surface area contributed by atoms with Crippen molar-refractivity contribution in [2.75, 3.05) is 31.7 Å². The Balaban J connectivity index is 2.08. The van der Waals surface area contributed by atoms with Gasteiger partial charge in [0.05, 0.1) is 5.60 Å². The Morgan fingerprint density at radius 1 is 1.44 bits per heavy atom. The Labute approximate surface area is 112 Å². The van der Waals surface area contributed by atoms with Crippen LogP contribution in [0, 0.1) is 6.92 Å². The number of hydrogen-bond acceptors (Lipinski definition) is 5. The largest absolute Gasteiger partial charge is 0.388 e. The first-order chi connectivity index (χ1) is 8.48. The van der Waals surface area contributed by atoms with Gasteiger partial charge in [0, 0.05) is 51.4 Å². The Morgan fingerprint density at radius 2 is 2.11 bits per heavy atom. The first kappa shape index (κ1) is 13.5. The molecule has 2 heterocycles. The molecule has 1 N–H and O–H groups in total. The average molecular weight is 272 g/mol. The number of aliphatic hydroxyl groups is 1. The predicted molar refractivity (Wildman–Crippen MR) is 70.1 cm³/mol. The van der Waals surface area contributed by atoms with Crippen LogP contribution in [0.1, 0.15) is 18.5 Å². The molecule has 0 saturated carbocycles. The van der Waals surface area contributed by atoms with E-state index in [0.29, 0.717) is 32.6 Å². The average Bonchev–Trinajstić information content (AvgIpc) is 2.28. The van der Waals surface area contributed by atoms with Gasteiger partial charge in [-0.25, -0.2) is 9.97 Å². The smallest absolute Gasteiger partial charge is 0.224 e. The van der Waals surface area contributed by atoms with E-state index in [1.807, 2.05) is 24.9 Å². The van der Waals surface area contributed by atoms with Gasteiger partial charge in [-0.05, 0) is 18.5 Å². The molecule has 0 spiro atoms. The van der Waals surface area contributed by atoms with E-state index in [1.54, 1.807) is 0 Å². The standard InChI is InChI=1S/C12H18ClN3O2/c1-9-7-10(15-11(13)14-9)16(2)8-12(17)3-5-18-6-4-12/h7,17H,3-6,8H2,1-2H3. The highest BCUT2D eigenvalue weighted by Gasteiger charge is 2.31. The molecular formula is C12H18ClN3O2. The molecule has 0 amide bonds. The van der Waals surface area contributed by atoms with Gasteiger partial charge in [0.25, 0.3) is 0 Å². The summed E-state index contributed by atoms with van der Waals surface area (Å²) in [6.45, 7) is 3.60. The summed E-state index contributed by atoms with van der Waals surface area (Å²) in [6, 6.07) is 1.86. The minimum absolute atomic E-state index is 0.232. The molecule has 5 nitrogen and oxygen atoms in total. The predicted octanol–water partition coefficient (Wildman–Crippen LogP) is 1.42. The van der Waals surface area contributed by atoms with Crippen molar-refractivity contribution in [1.82, 2.24) is 9.97 Å². The summed E-state index contributed by atoms with van der Waals surface area (Å²) in [6.07, 6.45) is 1.30. The molecule has 1 fully saturated rings. The number of ether oxygens (including phenoxy) is 1. The summed E-state index contributed by atoms with van der Waals surface area (Å²) in [5.41, 5.74) is 0.106. The molecule has 0 aliphatic carbocycles. The van der Waals surface area contributed by atoms with E-state index in [0.717, 1.165) is 11.5 Å². The Kier molecular flexibility index (Phi) is 4.04. The van der Waals surface area contributed by atoms with Gasteiger partial charge in [0.2, 0.25) is 5.28 Å². The molecule has 1 aliphatic rings. The third kappa shape index (κ3) is 3.31. The molecule has 1 aromatic heterocycles. The maximum atomic E-state index is 10.4. The van der Waals surface area contributed by atoms with Crippen LogP contribution in [0.2, 0.25) is 5.28 Å². The highest BCUT2D eigenvalue weighted by molar-refractivity contribution is 6.28. The summed E-state index contributed by atoms with van der Waals surface area (Å²) in [5.74, 6) is 0.729. The van der Waals surface area contributed by atoms with Crippen molar-refractivity contribution < 1.29 is 9.84 Å². The molecule has 1 aromatic rings. The number of anilines is 1. The first-order valence-electron chi connectivity index (χ1n) is 6.01. The summed E-state index contributed by atoms with van der Waals surface area (Å²) in [5, 5.41) is 10.7. The highest BCUT2D eigenvalue weighted by atomic mass is 35.5. The maximum absolute atomic E-state index is 10.4. The van der Waals surface area contributed by atoms with Crippen molar-refractivity contribution in [3.8, 4) is 0 Å². The Bertz CT molecular complexity index is 402. The number of rotatable bonds is 3. The first-order valence-corrected chi connectivity index (χ1v) is 6.39. The van der Waals surface area contributed by atoms with Crippen LogP contribution in [0.25, 0.3) is 0 Å². The molecule has 6 heteroatoms. The number of halogens is 1. The van der Waals surface area contributed by atoms with E-state index >= 15 is 0 Å². The number of likely N-dealkylation sites (N-methyl/N-ethyl adjacent to an activating group) is 1. The zero-order valence-electron chi connectivity index (χ0n) is 10.7. The molecule has 0 atom stereocenters. The van der Waals surface area contributed by atoms with E-state index in [2.05, 4.69) is 9.97 Å². The normalized spacial score (nSPS) is 18.7. The SMILES string of the molecule is Cc1cc(N(C)CC2(O)CCOCC2)nc(Cl)n1. The van der Waals surface area contributed by atoms with E-state index in [4.69, 9.17) is 16.3 Å². The molecule has 18 heavy (non-hydrogen) atoms. The van der Waals surface area contributed by atoms with Gasteiger partial charge in [-0.1, -0.05) is 0 Å². The lowest BCUT2D eigenvalue weighted by Crippen LogP contribution is -2.46. The number of aryl methyl sites for hydroxylation is 1. The lowest BCUT2D eigenvalue weighted by atomic mass is 9.94. The fourth-order valence-corrected chi connectivity index (χ4v) is 2.36. The van der Waals surface area contributed by atoms with Crippen LogP contribution in [0.5, 0.6) is 0 Å². The summed E-state index contributed by atoms with van der Waals surface area (Å²) < 4.78 is 5.27. The minimum Gasteiger partial charge on any atom is -0.388 e. The van der Waals surface area contributed by atoms with Gasteiger partial charge >= 0.3 is 0 Å². The molecular weight excluding hydrogens is 254 g/mol. The van der Waals surface area contributed by atoms with E-state index in [9.17, 15) is 5.11 Å². The van der Waals surface area contributed by atoms with Crippen LogP contribution in [-0.2, 0) is 4.74 Å². The van der Waals surface area contributed by atoms with Crippen molar-refractivity contribution in [2.24, 2.45) is 0 Å². The lowest BCUT2D eigenvalue weighted by Gasteiger charge is -2.35. The quantitative estimate of drug-likeness (QED) is 0.843. The molecule has 100 valence electrons. The van der Waals surface area contributed by atoms with Gasteiger partial charge in [-0.15, -0.1) is 0 Å². The zero-order valence-corrected chi connectivity index (χ0v) is 11.4. The van der Waals surface area contributed by atoms with Crippen LogP contribution in [-0.4, -0.2) is 47.5 Å². The Hall–Kier alpha value is -0.910. The van der Waals surface area contributed by atoms with Gasteiger partial charge in [-0.2, -0.15) is 0 Å². The minimum atomic E-state index is -0.710. The van der Waals surface area contributed by atoms with Crippen molar-refractivity contribution in [3.05, 3.63) is 17.0 Å². The number of nitrogens with zero attached hydrogens (tertiary/aromatic N) is 3. The van der Waals surface area contributed by atoms with Crippen LogP contribution in [0.3, 0.4) is 0 Å². The van der Waals surface area contributed by atoms with Crippen LogP contribution < -0.4 is 4.90 Å². The van der Waals surface area contributed by atoms with Crippen molar-refractivity contribution >= 4 is 17.4 Å². The molecule has 1 aliphatic heterocycles. The topological polar surface area (TPSA) is 58.5 Å². The monoisotopic (exact) mass is 271 g/mol. The molecule has 0 bridgehead atoms. The molecule has 1 saturated heterocycles. The molecule has 2 rings (SSSR count). The van der Waals surface area contributed by atoms with Gasteiger partial charge in [-0.3, -0.25) is 0 Å². The van der Waals surface area contributed by atoms with Crippen molar-refractivity contribution in [2.45, 2.75) is 25.4 Å². The summed E-state index contributed by atoms with van der Waals surface area (Å²) >= 11 is 5.84. The third-order valence-electron chi connectivity index (χ3n) is 3.16. The van der Waals surface area contributed by atoms with E-state index in [-0.39, 0.29) is 5.28 Å². The fourth-order valence-electron chi connectivity index (χ4n) is 2.14. The van der Waals surface area contributed by atoms with Crippen LogP contribution in [0.15, 0.2) is 6.07 Å². The molecule has 0 radical (unpaired) electrons. The zero-order chi connectivity index (χ0) is 13.2. The van der Waals surface area contributed by atoms with E-state index < -0.39 is 5.60 Å². The van der Waals surface area contributed by atoms with Crippen molar-refractivity contribution in [3.63, 3.8) is 0 Å². The second-order valence-corrected chi connectivity index (χ2v) is 5.17. The van der Waals surface area contributed by atoms with Crippen LogP contribution in [0.4, 0.5) is 5.82 Å².